The number of hydrogen-bond acceptors (Lipinski definition) is 5. The highest BCUT2D eigenvalue weighted by atomic mass is 35.5. The Balaban J connectivity index is 1.78. The van der Waals surface area contributed by atoms with Gasteiger partial charge in [0.05, 0.1) is 22.2 Å². The fraction of sp³-hybridized carbons (Fsp3) is 0.476. The molecule has 176 valence electrons. The topological polar surface area (TPSA) is 138 Å². The predicted molar refractivity (Wildman–Crippen MR) is 122 cm³/mol. The molecule has 0 aliphatic carbocycles. The number of aliphatic imine (C=N–C) groups is 1. The Morgan fingerprint density at radius 3 is 2.64 bits per heavy atom. The second-order valence-electron chi connectivity index (χ2n) is 7.82. The number of hydrogen-bond donors (Lipinski definition) is 3. The van der Waals surface area contributed by atoms with E-state index < -0.39 is 17.9 Å². The van der Waals surface area contributed by atoms with Gasteiger partial charge in [0.2, 0.25) is 12.4 Å². The van der Waals surface area contributed by atoms with Crippen molar-refractivity contribution in [2.75, 3.05) is 26.2 Å². The lowest BCUT2D eigenvalue weighted by atomic mass is 9.96. The number of likely N-dealkylation sites (tertiary alicyclic amines) is 1. The lowest BCUT2D eigenvalue weighted by Gasteiger charge is -2.29. The largest absolute Gasteiger partial charge is 0.480 e. The number of amides is 2. The van der Waals surface area contributed by atoms with Crippen molar-refractivity contribution in [1.82, 2.24) is 20.4 Å². The first-order valence-corrected chi connectivity index (χ1v) is 11.3. The van der Waals surface area contributed by atoms with Gasteiger partial charge in [0, 0.05) is 26.2 Å². The maximum Gasteiger partial charge on any atom is 0.328 e. The van der Waals surface area contributed by atoms with Crippen molar-refractivity contribution in [3.63, 3.8) is 0 Å². The van der Waals surface area contributed by atoms with Crippen LogP contribution in [0.5, 0.6) is 0 Å². The molecular formula is C21H24Cl2N6O4. The van der Waals surface area contributed by atoms with E-state index in [-0.39, 0.29) is 28.1 Å². The van der Waals surface area contributed by atoms with Crippen molar-refractivity contribution in [2.45, 2.75) is 38.3 Å². The van der Waals surface area contributed by atoms with Crippen LogP contribution >= 0.6 is 23.2 Å². The van der Waals surface area contributed by atoms with Crippen molar-refractivity contribution in [3.05, 3.63) is 32.8 Å². The third-order valence-corrected chi connectivity index (χ3v) is 6.38. The van der Waals surface area contributed by atoms with E-state index in [1.54, 1.807) is 11.0 Å². The minimum Gasteiger partial charge on any atom is -0.480 e. The summed E-state index contributed by atoms with van der Waals surface area (Å²) in [6.07, 6.45) is 5.99. The fourth-order valence-corrected chi connectivity index (χ4v) is 4.70. The van der Waals surface area contributed by atoms with Crippen LogP contribution in [0.15, 0.2) is 11.1 Å². The average Bonchev–Trinajstić information content (AvgIpc) is 2.80. The number of nitrogens with zero attached hydrogens (tertiary/aromatic N) is 4. The number of nitrogens with one attached hydrogen (secondary N) is 2. The summed E-state index contributed by atoms with van der Waals surface area (Å²) in [5.41, 5.74) is 1.44. The van der Waals surface area contributed by atoms with Gasteiger partial charge in [-0.05, 0) is 42.9 Å². The highest BCUT2D eigenvalue weighted by Gasteiger charge is 2.28. The van der Waals surface area contributed by atoms with Gasteiger partial charge in [-0.1, -0.05) is 23.2 Å². The number of rotatable bonds is 6. The van der Waals surface area contributed by atoms with Crippen LogP contribution in [0, 0.1) is 11.5 Å². The molecule has 1 aromatic carbocycles. The van der Waals surface area contributed by atoms with E-state index in [9.17, 15) is 19.5 Å². The van der Waals surface area contributed by atoms with Gasteiger partial charge in [-0.15, -0.1) is 0 Å². The number of carbonyl (C=O) groups is 3. The van der Waals surface area contributed by atoms with Crippen molar-refractivity contribution < 1.29 is 19.5 Å². The molecule has 3 N–H and O–H groups in total. The van der Waals surface area contributed by atoms with Crippen molar-refractivity contribution in [3.8, 4) is 6.19 Å². The number of aliphatic carboxylic acids is 1. The van der Waals surface area contributed by atoms with E-state index in [0.717, 1.165) is 31.2 Å². The number of carboxylic acid groups (broad SMARTS) is 1. The van der Waals surface area contributed by atoms with E-state index in [2.05, 4.69) is 15.6 Å². The van der Waals surface area contributed by atoms with Gasteiger partial charge >= 0.3 is 5.97 Å². The highest BCUT2D eigenvalue weighted by molar-refractivity contribution is 6.40. The Morgan fingerprint density at radius 1 is 1.27 bits per heavy atom. The molecule has 2 aliphatic rings. The number of nitriles is 1. The molecule has 10 nitrogen and oxygen atoms in total. The average molecular weight is 495 g/mol. The van der Waals surface area contributed by atoms with E-state index in [0.29, 0.717) is 38.2 Å². The van der Waals surface area contributed by atoms with Gasteiger partial charge in [-0.2, -0.15) is 5.26 Å². The Kier molecular flexibility index (Phi) is 8.36. The van der Waals surface area contributed by atoms with Crippen molar-refractivity contribution >= 4 is 47.4 Å². The van der Waals surface area contributed by atoms with Gasteiger partial charge in [0.25, 0.3) is 5.91 Å². The van der Waals surface area contributed by atoms with Crippen LogP contribution in [0.3, 0.4) is 0 Å². The lowest BCUT2D eigenvalue weighted by molar-refractivity contribution is -0.138. The molecule has 1 fully saturated rings. The number of piperidine rings is 1. The zero-order valence-corrected chi connectivity index (χ0v) is 19.3. The maximum atomic E-state index is 12.9. The summed E-state index contributed by atoms with van der Waals surface area (Å²) >= 11 is 12.8. The molecule has 1 atom stereocenters. The second kappa shape index (κ2) is 11.2. The Hall–Kier alpha value is -3.03. The number of carbonyl (C=O) groups excluding carboxylic acids is 2. The number of guanidine groups is 1. The van der Waals surface area contributed by atoms with Gasteiger partial charge < -0.3 is 20.2 Å². The molecule has 0 radical (unpaired) electrons. The monoisotopic (exact) mass is 494 g/mol. The van der Waals surface area contributed by atoms with Crippen LogP contribution in [-0.4, -0.2) is 71.4 Å². The third-order valence-electron chi connectivity index (χ3n) is 5.66. The molecule has 0 saturated carbocycles. The molecule has 1 saturated heterocycles. The molecule has 2 amide bonds. The first kappa shape index (κ1) is 24.6. The van der Waals surface area contributed by atoms with Gasteiger partial charge in [0.1, 0.15) is 6.04 Å². The molecule has 1 aromatic rings. The molecule has 12 heteroatoms. The lowest BCUT2D eigenvalue weighted by Crippen LogP contribution is -2.46. The van der Waals surface area contributed by atoms with Gasteiger partial charge in [0.15, 0.2) is 6.19 Å². The van der Waals surface area contributed by atoms with Crippen LogP contribution in [0.25, 0.3) is 0 Å². The zero-order valence-electron chi connectivity index (χ0n) is 17.8. The minimum atomic E-state index is -1.36. The van der Waals surface area contributed by atoms with E-state index in [1.165, 1.54) is 0 Å². The summed E-state index contributed by atoms with van der Waals surface area (Å²) in [4.78, 5) is 43.5. The molecule has 2 aliphatic heterocycles. The third kappa shape index (κ3) is 5.86. The number of fused-ring (bicyclic) bond motifs is 1. The molecule has 0 spiro atoms. The molecular weight excluding hydrogens is 471 g/mol. The van der Waals surface area contributed by atoms with E-state index in [4.69, 9.17) is 28.5 Å². The Bertz CT molecular complexity index is 1000. The summed E-state index contributed by atoms with van der Waals surface area (Å²) in [5.74, 6) is -1.74. The summed E-state index contributed by atoms with van der Waals surface area (Å²) in [6, 6.07) is 0.221. The smallest absolute Gasteiger partial charge is 0.328 e. The minimum absolute atomic E-state index is 0.0155. The standard InChI is InChI=1S/C21H24Cl2N6O4/c22-15-8-13-10-28(12-30)7-4-14(13)18(23)17(15)19(31)27-16(20(32)33)9-25-21(26-11-24)29-5-2-1-3-6-29/h8,12,16H,1-7,9-10H2,(H,25,26)(H,27,31)(H,32,33). The van der Waals surface area contributed by atoms with Crippen LogP contribution < -0.4 is 10.6 Å². The summed E-state index contributed by atoms with van der Waals surface area (Å²) in [7, 11) is 0. The van der Waals surface area contributed by atoms with Gasteiger partial charge in [-0.25, -0.2) is 9.79 Å². The molecule has 33 heavy (non-hydrogen) atoms. The van der Waals surface area contributed by atoms with Crippen LogP contribution in [0.4, 0.5) is 0 Å². The first-order chi connectivity index (χ1) is 15.8. The van der Waals surface area contributed by atoms with E-state index in [1.807, 2.05) is 11.1 Å². The number of carboxylic acids is 1. The molecule has 0 aromatic heterocycles. The maximum absolute atomic E-state index is 12.9. The van der Waals surface area contributed by atoms with Crippen molar-refractivity contribution in [2.24, 2.45) is 4.99 Å². The summed E-state index contributed by atoms with van der Waals surface area (Å²) in [6.45, 7) is 1.92. The van der Waals surface area contributed by atoms with Crippen LogP contribution in [0.2, 0.25) is 10.0 Å². The van der Waals surface area contributed by atoms with Crippen molar-refractivity contribution in [1.29, 1.82) is 5.26 Å². The zero-order chi connectivity index (χ0) is 24.0. The van der Waals surface area contributed by atoms with Crippen LogP contribution in [0.1, 0.15) is 40.7 Å². The fourth-order valence-electron chi connectivity index (χ4n) is 3.94. The predicted octanol–water partition coefficient (Wildman–Crippen LogP) is 1.60. The Labute approximate surface area is 201 Å². The summed E-state index contributed by atoms with van der Waals surface area (Å²) < 4.78 is 0. The Morgan fingerprint density at radius 2 is 2.00 bits per heavy atom. The van der Waals surface area contributed by atoms with Gasteiger partial charge in [-0.3, -0.25) is 14.9 Å². The molecule has 3 rings (SSSR count). The molecule has 1 unspecified atom stereocenters. The van der Waals surface area contributed by atoms with Crippen LogP contribution in [-0.2, 0) is 22.6 Å². The normalized spacial score (nSPS) is 16.9. The first-order valence-electron chi connectivity index (χ1n) is 10.5. The van der Waals surface area contributed by atoms with E-state index >= 15 is 0 Å². The molecule has 2 heterocycles. The SMILES string of the molecule is N#CNC(=NCC(NC(=O)c1c(Cl)cc2c(c1Cl)CCN(C=O)C2)C(=O)O)N1CCCCC1. The number of halogens is 2. The second-order valence-corrected chi connectivity index (χ2v) is 8.61. The highest BCUT2D eigenvalue weighted by Crippen LogP contribution is 2.34. The number of benzene rings is 1. The summed E-state index contributed by atoms with van der Waals surface area (Å²) in [5, 5.41) is 23.8. The molecule has 0 bridgehead atoms. The quantitative estimate of drug-likeness (QED) is 0.179.